The summed E-state index contributed by atoms with van der Waals surface area (Å²) in [7, 11) is 0. The zero-order valence-corrected chi connectivity index (χ0v) is 11.7. The van der Waals surface area contributed by atoms with E-state index in [0.717, 1.165) is 19.0 Å². The highest BCUT2D eigenvalue weighted by Gasteiger charge is 2.41. The first-order valence-electron chi connectivity index (χ1n) is 6.66. The Morgan fingerprint density at radius 2 is 2.11 bits per heavy atom. The first-order chi connectivity index (χ1) is 8.54. The molecule has 0 saturated heterocycles. The molecule has 0 bridgehead atoms. The van der Waals surface area contributed by atoms with Gasteiger partial charge in [0, 0.05) is 18.2 Å². The summed E-state index contributed by atoms with van der Waals surface area (Å²) in [6.07, 6.45) is 0. The molecule has 3 nitrogen and oxygen atoms in total. The van der Waals surface area contributed by atoms with Crippen molar-refractivity contribution in [1.82, 2.24) is 5.32 Å². The number of ether oxygens (including phenoxy) is 2. The number of hydrogen-bond donors (Lipinski definition) is 1. The lowest BCUT2D eigenvalue weighted by atomic mass is 9.94. The van der Waals surface area contributed by atoms with Crippen molar-refractivity contribution < 1.29 is 9.47 Å². The third kappa shape index (κ3) is 2.68. The van der Waals surface area contributed by atoms with E-state index in [0.29, 0.717) is 6.04 Å². The summed E-state index contributed by atoms with van der Waals surface area (Å²) in [6.45, 7) is 9.89. The zero-order chi connectivity index (χ0) is 13.2. The molecule has 1 aromatic rings. The Morgan fingerprint density at radius 1 is 1.39 bits per heavy atom. The number of fused-ring (bicyclic) bond motifs is 1. The smallest absolute Gasteiger partial charge is 0.125 e. The van der Waals surface area contributed by atoms with Crippen molar-refractivity contribution in [2.24, 2.45) is 0 Å². The maximum Gasteiger partial charge on any atom is 0.125 e. The molecule has 0 amide bonds. The molecule has 0 radical (unpaired) electrons. The van der Waals surface area contributed by atoms with Gasteiger partial charge in [0.1, 0.15) is 11.4 Å². The third-order valence-electron chi connectivity index (χ3n) is 3.32. The molecule has 1 heterocycles. The largest absolute Gasteiger partial charge is 0.486 e. The van der Waals surface area contributed by atoms with Crippen molar-refractivity contribution in [3.8, 4) is 5.75 Å². The summed E-state index contributed by atoms with van der Waals surface area (Å²) in [4.78, 5) is 0. The predicted molar refractivity (Wildman–Crippen MR) is 73.0 cm³/mol. The number of hydrogen-bond acceptors (Lipinski definition) is 3. The Kier molecular flexibility index (Phi) is 3.93. The highest BCUT2D eigenvalue weighted by atomic mass is 16.5. The minimum absolute atomic E-state index is 0.212. The summed E-state index contributed by atoms with van der Waals surface area (Å²) < 4.78 is 11.5. The van der Waals surface area contributed by atoms with Gasteiger partial charge >= 0.3 is 0 Å². The molecular formula is C15H23NO2. The Bertz CT molecular complexity index is 403. The summed E-state index contributed by atoms with van der Waals surface area (Å²) in [6, 6.07) is 8.76. The van der Waals surface area contributed by atoms with Gasteiger partial charge in [0.15, 0.2) is 0 Å². The lowest BCUT2D eigenvalue weighted by Gasteiger charge is -2.30. The van der Waals surface area contributed by atoms with Crippen LogP contribution in [0.25, 0.3) is 0 Å². The van der Waals surface area contributed by atoms with Crippen molar-refractivity contribution in [1.29, 1.82) is 0 Å². The molecule has 0 spiro atoms. The van der Waals surface area contributed by atoms with Crippen LogP contribution in [0.1, 0.15) is 39.3 Å². The normalized spacial score (nSPS) is 22.3. The standard InChI is InChI=1S/C15H23NO2/c1-5-17-10-11(2)16-14-12-8-6-7-9-13(12)18-15(14,3)4/h6-9,11,14,16H,5,10H2,1-4H3. The van der Waals surface area contributed by atoms with Gasteiger partial charge in [0.05, 0.1) is 12.6 Å². The molecular weight excluding hydrogens is 226 g/mol. The Balaban J connectivity index is 2.11. The fourth-order valence-corrected chi connectivity index (χ4v) is 2.45. The molecule has 1 aliphatic heterocycles. The van der Waals surface area contributed by atoms with Gasteiger partial charge in [-0.05, 0) is 33.8 Å². The van der Waals surface area contributed by atoms with Crippen LogP contribution in [0, 0.1) is 0 Å². The van der Waals surface area contributed by atoms with Crippen LogP contribution in [0.3, 0.4) is 0 Å². The fourth-order valence-electron chi connectivity index (χ4n) is 2.45. The molecule has 0 fully saturated rings. The van der Waals surface area contributed by atoms with Crippen LogP contribution in [0.4, 0.5) is 0 Å². The van der Waals surface area contributed by atoms with Crippen LogP contribution < -0.4 is 10.1 Å². The molecule has 100 valence electrons. The lowest BCUT2D eigenvalue weighted by Crippen LogP contribution is -2.44. The molecule has 0 aliphatic carbocycles. The maximum atomic E-state index is 6.01. The van der Waals surface area contributed by atoms with E-state index in [9.17, 15) is 0 Å². The summed E-state index contributed by atoms with van der Waals surface area (Å²) in [5.74, 6) is 0.989. The molecule has 1 N–H and O–H groups in total. The number of nitrogens with one attached hydrogen (secondary N) is 1. The minimum atomic E-state index is -0.218. The van der Waals surface area contributed by atoms with Gasteiger partial charge < -0.3 is 14.8 Å². The zero-order valence-electron chi connectivity index (χ0n) is 11.7. The van der Waals surface area contributed by atoms with Crippen LogP contribution in [0.5, 0.6) is 5.75 Å². The average molecular weight is 249 g/mol. The van der Waals surface area contributed by atoms with E-state index in [1.54, 1.807) is 0 Å². The quantitative estimate of drug-likeness (QED) is 0.870. The highest BCUT2D eigenvalue weighted by Crippen LogP contribution is 2.42. The van der Waals surface area contributed by atoms with Gasteiger partial charge in [-0.25, -0.2) is 0 Å². The van der Waals surface area contributed by atoms with Crippen LogP contribution >= 0.6 is 0 Å². The highest BCUT2D eigenvalue weighted by molar-refractivity contribution is 5.42. The molecule has 0 aromatic heterocycles. The monoisotopic (exact) mass is 249 g/mol. The second-order valence-corrected chi connectivity index (χ2v) is 5.40. The van der Waals surface area contributed by atoms with Crippen LogP contribution in [-0.2, 0) is 4.74 Å². The molecule has 2 rings (SSSR count). The average Bonchev–Trinajstić information content (AvgIpc) is 2.58. The van der Waals surface area contributed by atoms with Crippen molar-refractivity contribution in [2.45, 2.75) is 45.4 Å². The first-order valence-corrected chi connectivity index (χ1v) is 6.66. The molecule has 3 heteroatoms. The summed E-state index contributed by atoms with van der Waals surface area (Å²) >= 11 is 0. The van der Waals surface area contributed by atoms with E-state index in [4.69, 9.17) is 9.47 Å². The molecule has 0 saturated carbocycles. The summed E-state index contributed by atoms with van der Waals surface area (Å²) in [5.41, 5.74) is 1.02. The fraction of sp³-hybridized carbons (Fsp3) is 0.600. The second kappa shape index (κ2) is 5.29. The van der Waals surface area contributed by atoms with E-state index < -0.39 is 0 Å². The Morgan fingerprint density at radius 3 is 2.83 bits per heavy atom. The molecule has 2 unspecified atom stereocenters. The van der Waals surface area contributed by atoms with Crippen LogP contribution in [-0.4, -0.2) is 24.9 Å². The van der Waals surface area contributed by atoms with E-state index >= 15 is 0 Å². The second-order valence-electron chi connectivity index (χ2n) is 5.40. The Labute approximate surface area is 109 Å². The van der Waals surface area contributed by atoms with Crippen LogP contribution in [0.2, 0.25) is 0 Å². The van der Waals surface area contributed by atoms with Gasteiger partial charge in [-0.1, -0.05) is 18.2 Å². The van der Waals surface area contributed by atoms with E-state index in [1.807, 2.05) is 19.1 Å². The minimum Gasteiger partial charge on any atom is -0.486 e. The molecule has 2 atom stereocenters. The van der Waals surface area contributed by atoms with E-state index in [1.165, 1.54) is 5.56 Å². The van der Waals surface area contributed by atoms with Crippen molar-refractivity contribution in [3.63, 3.8) is 0 Å². The molecule has 1 aromatic carbocycles. The maximum absolute atomic E-state index is 6.01. The van der Waals surface area contributed by atoms with Crippen LogP contribution in [0.15, 0.2) is 24.3 Å². The van der Waals surface area contributed by atoms with Crippen molar-refractivity contribution >= 4 is 0 Å². The predicted octanol–water partition coefficient (Wildman–Crippen LogP) is 2.91. The molecule has 18 heavy (non-hydrogen) atoms. The SMILES string of the molecule is CCOCC(C)NC1c2ccccc2OC1(C)C. The topological polar surface area (TPSA) is 30.5 Å². The van der Waals surface area contributed by atoms with E-state index in [2.05, 4.69) is 38.2 Å². The summed E-state index contributed by atoms with van der Waals surface area (Å²) in [5, 5.41) is 3.61. The number of rotatable bonds is 5. The van der Waals surface area contributed by atoms with Crippen molar-refractivity contribution in [3.05, 3.63) is 29.8 Å². The van der Waals surface area contributed by atoms with E-state index in [-0.39, 0.29) is 11.6 Å². The Hall–Kier alpha value is -1.06. The lowest BCUT2D eigenvalue weighted by molar-refractivity contribution is 0.0746. The number of para-hydroxylation sites is 1. The van der Waals surface area contributed by atoms with Gasteiger partial charge in [-0.2, -0.15) is 0 Å². The van der Waals surface area contributed by atoms with Gasteiger partial charge in [0.2, 0.25) is 0 Å². The number of benzene rings is 1. The third-order valence-corrected chi connectivity index (χ3v) is 3.32. The first kappa shape index (κ1) is 13.4. The van der Waals surface area contributed by atoms with Gasteiger partial charge in [0.25, 0.3) is 0 Å². The van der Waals surface area contributed by atoms with Gasteiger partial charge in [-0.3, -0.25) is 0 Å². The molecule has 1 aliphatic rings. The van der Waals surface area contributed by atoms with Crippen molar-refractivity contribution in [2.75, 3.05) is 13.2 Å². The van der Waals surface area contributed by atoms with Gasteiger partial charge in [-0.15, -0.1) is 0 Å².